The summed E-state index contributed by atoms with van der Waals surface area (Å²) in [7, 11) is 0. The summed E-state index contributed by atoms with van der Waals surface area (Å²) < 4.78 is 0. The van der Waals surface area contributed by atoms with Crippen LogP contribution >= 0.6 is 11.6 Å². The summed E-state index contributed by atoms with van der Waals surface area (Å²) in [5.74, 6) is 0.643. The van der Waals surface area contributed by atoms with Gasteiger partial charge in [0.2, 0.25) is 0 Å². The Bertz CT molecular complexity index is 587. The quantitative estimate of drug-likeness (QED) is 0.867. The van der Waals surface area contributed by atoms with E-state index in [1.165, 1.54) is 25.8 Å². The van der Waals surface area contributed by atoms with Gasteiger partial charge in [0, 0.05) is 23.3 Å². The molecule has 3 aliphatic heterocycles. The second-order valence-corrected chi connectivity index (χ2v) is 6.83. The highest BCUT2D eigenvalue weighted by atomic mass is 35.5. The van der Waals surface area contributed by atoms with E-state index in [4.69, 9.17) is 17.3 Å². The van der Waals surface area contributed by atoms with Crippen LogP contribution in [0.25, 0.3) is 0 Å². The lowest BCUT2D eigenvalue weighted by Crippen LogP contribution is -2.59. The molecule has 2 saturated heterocycles. The van der Waals surface area contributed by atoms with Crippen molar-refractivity contribution < 1.29 is 0 Å². The number of piperidine rings is 1. The number of benzene rings is 1. The second kappa shape index (κ2) is 4.89. The van der Waals surface area contributed by atoms with Crippen molar-refractivity contribution in [2.75, 3.05) is 24.5 Å². The zero-order valence-corrected chi connectivity index (χ0v) is 12.9. The predicted octanol–water partition coefficient (Wildman–Crippen LogP) is 2.47. The van der Waals surface area contributed by atoms with E-state index in [0.29, 0.717) is 12.0 Å². The van der Waals surface area contributed by atoms with Crippen LogP contribution in [-0.4, -0.2) is 42.1 Å². The Morgan fingerprint density at radius 2 is 2.19 bits per heavy atom. The van der Waals surface area contributed by atoms with Crippen molar-refractivity contribution in [1.29, 1.82) is 0 Å². The van der Waals surface area contributed by atoms with Gasteiger partial charge in [-0.3, -0.25) is 9.89 Å². The van der Waals surface area contributed by atoms with Gasteiger partial charge in [-0.05, 0) is 44.0 Å². The van der Waals surface area contributed by atoms with Gasteiger partial charge in [0.05, 0.1) is 12.1 Å². The van der Waals surface area contributed by atoms with Crippen molar-refractivity contribution in [3.63, 3.8) is 0 Å². The van der Waals surface area contributed by atoms with Crippen molar-refractivity contribution in [2.45, 2.75) is 37.3 Å². The molecule has 0 saturated carbocycles. The zero-order valence-electron chi connectivity index (χ0n) is 12.1. The molecule has 2 unspecified atom stereocenters. The molecule has 5 heteroatoms. The van der Waals surface area contributed by atoms with Gasteiger partial charge in [-0.2, -0.15) is 0 Å². The number of hydrogen-bond acceptors (Lipinski definition) is 4. The van der Waals surface area contributed by atoms with E-state index in [-0.39, 0.29) is 5.54 Å². The Morgan fingerprint density at radius 3 is 3.05 bits per heavy atom. The van der Waals surface area contributed by atoms with Gasteiger partial charge in [0.1, 0.15) is 0 Å². The molecule has 0 radical (unpaired) electrons. The predicted molar refractivity (Wildman–Crippen MR) is 87.0 cm³/mol. The largest absolute Gasteiger partial charge is 0.369 e. The lowest BCUT2D eigenvalue weighted by atomic mass is 9.84. The van der Waals surface area contributed by atoms with Gasteiger partial charge in [-0.15, -0.1) is 0 Å². The van der Waals surface area contributed by atoms with Crippen molar-refractivity contribution in [1.82, 2.24) is 4.90 Å². The average Bonchev–Trinajstić information content (AvgIpc) is 3.02. The minimum atomic E-state index is 0.0369. The highest BCUT2D eigenvalue weighted by Crippen LogP contribution is 2.44. The molecule has 1 aromatic rings. The maximum Gasteiger partial charge on any atom is 0.196 e. The maximum atomic E-state index is 6.25. The molecule has 0 aromatic heterocycles. The normalized spacial score (nSPS) is 32.5. The highest BCUT2D eigenvalue weighted by Gasteiger charge is 2.55. The summed E-state index contributed by atoms with van der Waals surface area (Å²) in [6, 6.07) is 8.55. The third-order valence-electron chi connectivity index (χ3n) is 5.32. The maximum absolute atomic E-state index is 6.25. The van der Waals surface area contributed by atoms with E-state index in [0.717, 1.165) is 30.2 Å². The number of rotatable bonds is 1. The number of guanidine groups is 1. The fraction of sp³-hybridized carbons (Fsp3) is 0.562. The van der Waals surface area contributed by atoms with Crippen LogP contribution in [0.15, 0.2) is 29.3 Å². The molecular formula is C16H21ClN4. The van der Waals surface area contributed by atoms with Crippen LogP contribution in [0.4, 0.5) is 5.69 Å². The standard InChI is InChI=1S/C16H21ClN4/c17-12-4-3-5-13(10-12)21-15(18)19-11-16(21)7-9-20-8-2-1-6-14(16)20/h3-5,10,14H,1-2,6-9,11H2,(H2,18,19). The smallest absolute Gasteiger partial charge is 0.196 e. The van der Waals surface area contributed by atoms with Gasteiger partial charge in [0.15, 0.2) is 5.96 Å². The Labute approximate surface area is 130 Å². The first kappa shape index (κ1) is 13.4. The molecule has 4 nitrogen and oxygen atoms in total. The summed E-state index contributed by atoms with van der Waals surface area (Å²) in [6.07, 6.45) is 5.01. The number of hydrogen-bond donors (Lipinski definition) is 1. The van der Waals surface area contributed by atoms with Crippen molar-refractivity contribution in [3.8, 4) is 0 Å². The summed E-state index contributed by atoms with van der Waals surface area (Å²) in [5.41, 5.74) is 7.37. The fourth-order valence-corrected chi connectivity index (χ4v) is 4.59. The molecule has 2 N–H and O–H groups in total. The van der Waals surface area contributed by atoms with Gasteiger partial charge in [-0.1, -0.05) is 24.1 Å². The van der Waals surface area contributed by atoms with Crippen LogP contribution in [0.5, 0.6) is 0 Å². The molecule has 1 spiro atoms. The van der Waals surface area contributed by atoms with E-state index >= 15 is 0 Å². The van der Waals surface area contributed by atoms with Crippen LogP contribution < -0.4 is 10.6 Å². The van der Waals surface area contributed by atoms with E-state index < -0.39 is 0 Å². The SMILES string of the molecule is NC1=NCC2(CCN3CCCCC32)N1c1cccc(Cl)c1. The average molecular weight is 305 g/mol. The van der Waals surface area contributed by atoms with Crippen LogP contribution in [0.2, 0.25) is 5.02 Å². The van der Waals surface area contributed by atoms with Crippen LogP contribution in [0.1, 0.15) is 25.7 Å². The first-order chi connectivity index (χ1) is 10.2. The Balaban J connectivity index is 1.75. The molecule has 3 aliphatic rings. The molecule has 0 bridgehead atoms. The molecule has 2 fully saturated rings. The number of halogens is 1. The monoisotopic (exact) mass is 304 g/mol. The summed E-state index contributed by atoms with van der Waals surface area (Å²) in [6.45, 7) is 3.19. The number of fused-ring (bicyclic) bond motifs is 2. The number of nitrogens with two attached hydrogens (primary N) is 1. The minimum Gasteiger partial charge on any atom is -0.369 e. The number of aliphatic imine (C=N–C) groups is 1. The van der Waals surface area contributed by atoms with Crippen LogP contribution in [0.3, 0.4) is 0 Å². The molecule has 21 heavy (non-hydrogen) atoms. The number of anilines is 1. The molecule has 0 amide bonds. The third kappa shape index (κ3) is 1.96. The van der Waals surface area contributed by atoms with E-state index in [1.54, 1.807) is 0 Å². The van der Waals surface area contributed by atoms with Crippen LogP contribution in [0, 0.1) is 0 Å². The van der Waals surface area contributed by atoms with Crippen molar-refractivity contribution in [2.24, 2.45) is 10.7 Å². The summed E-state index contributed by atoms with van der Waals surface area (Å²) in [5, 5.41) is 0.751. The van der Waals surface area contributed by atoms with Crippen molar-refractivity contribution in [3.05, 3.63) is 29.3 Å². The van der Waals surface area contributed by atoms with Gasteiger partial charge in [0.25, 0.3) is 0 Å². The molecular weight excluding hydrogens is 284 g/mol. The Hall–Kier alpha value is -1.26. The van der Waals surface area contributed by atoms with E-state index in [1.807, 2.05) is 18.2 Å². The van der Waals surface area contributed by atoms with Gasteiger partial charge < -0.3 is 10.6 Å². The lowest BCUT2D eigenvalue weighted by molar-refractivity contribution is 0.163. The van der Waals surface area contributed by atoms with E-state index in [9.17, 15) is 0 Å². The minimum absolute atomic E-state index is 0.0369. The molecule has 4 rings (SSSR count). The Kier molecular flexibility index (Phi) is 3.12. The molecule has 2 atom stereocenters. The zero-order chi connectivity index (χ0) is 14.4. The highest BCUT2D eigenvalue weighted by molar-refractivity contribution is 6.31. The first-order valence-corrected chi connectivity index (χ1v) is 8.18. The number of nitrogens with zero attached hydrogens (tertiary/aromatic N) is 3. The molecule has 1 aromatic carbocycles. The third-order valence-corrected chi connectivity index (χ3v) is 5.56. The van der Waals surface area contributed by atoms with Gasteiger partial charge >= 0.3 is 0 Å². The van der Waals surface area contributed by atoms with Crippen LogP contribution in [-0.2, 0) is 0 Å². The topological polar surface area (TPSA) is 44.9 Å². The first-order valence-electron chi connectivity index (χ1n) is 7.80. The lowest BCUT2D eigenvalue weighted by Gasteiger charge is -2.44. The molecule has 3 heterocycles. The second-order valence-electron chi connectivity index (χ2n) is 6.39. The molecule has 0 aliphatic carbocycles. The van der Waals surface area contributed by atoms with Gasteiger partial charge in [-0.25, -0.2) is 0 Å². The van der Waals surface area contributed by atoms with E-state index in [2.05, 4.69) is 20.9 Å². The molecule has 112 valence electrons. The Morgan fingerprint density at radius 1 is 1.29 bits per heavy atom. The summed E-state index contributed by atoms with van der Waals surface area (Å²) in [4.78, 5) is 9.49. The summed E-state index contributed by atoms with van der Waals surface area (Å²) >= 11 is 6.19. The van der Waals surface area contributed by atoms with Crippen molar-refractivity contribution >= 4 is 23.2 Å². The fourth-order valence-electron chi connectivity index (χ4n) is 4.41.